The average molecular weight is 600 g/mol. The second-order valence-electron chi connectivity index (χ2n) is 11.3. The summed E-state index contributed by atoms with van der Waals surface area (Å²) in [6.07, 6.45) is 1.69. The highest BCUT2D eigenvalue weighted by Crippen LogP contribution is 2.37. The molecule has 0 bridgehead atoms. The Bertz CT molecular complexity index is 1400. The van der Waals surface area contributed by atoms with Gasteiger partial charge in [0.1, 0.15) is 6.04 Å². The van der Waals surface area contributed by atoms with Crippen LogP contribution in [0.5, 0.6) is 0 Å². The molecule has 0 radical (unpaired) electrons. The number of hydrogen-bond acceptors (Lipinski definition) is 7. The lowest BCUT2D eigenvalue weighted by atomic mass is 10.0. The molecule has 3 aromatic rings. The summed E-state index contributed by atoms with van der Waals surface area (Å²) < 4.78 is 4.66. The molecule has 1 fully saturated rings. The van der Waals surface area contributed by atoms with E-state index in [0.717, 1.165) is 19.4 Å². The predicted molar refractivity (Wildman–Crippen MR) is 172 cm³/mol. The number of ether oxygens (including phenoxy) is 1. The summed E-state index contributed by atoms with van der Waals surface area (Å²) in [5, 5.41) is 8.28. The van der Waals surface area contributed by atoms with E-state index < -0.39 is 18.0 Å². The van der Waals surface area contributed by atoms with Gasteiger partial charge in [0, 0.05) is 24.5 Å². The maximum atomic E-state index is 13.3. The van der Waals surface area contributed by atoms with Crippen LogP contribution in [0.4, 0.5) is 16.2 Å². The van der Waals surface area contributed by atoms with Gasteiger partial charge in [0.25, 0.3) is 0 Å². The summed E-state index contributed by atoms with van der Waals surface area (Å²) in [6, 6.07) is 26.2. The van der Waals surface area contributed by atoms with Crippen LogP contribution in [0.15, 0.2) is 84.0 Å². The smallest absolute Gasteiger partial charge is 0.407 e. The normalized spacial score (nSPS) is 15.0. The molecule has 0 aromatic heterocycles. The number of amides is 3. The number of rotatable bonds is 13. The Kier molecular flexibility index (Phi) is 11.5. The molecule has 1 saturated heterocycles. The van der Waals surface area contributed by atoms with Gasteiger partial charge in [0.05, 0.1) is 26.2 Å². The largest absolute Gasteiger partial charge is 0.453 e. The highest BCUT2D eigenvalue weighted by molar-refractivity contribution is 5.96. The molecule has 0 saturated carbocycles. The lowest BCUT2D eigenvalue weighted by Crippen LogP contribution is -2.53. The Balaban J connectivity index is 1.40. The van der Waals surface area contributed by atoms with E-state index in [4.69, 9.17) is 0 Å². The number of anilines is 2. The highest BCUT2D eigenvalue weighted by atomic mass is 16.5. The van der Waals surface area contributed by atoms with Crippen LogP contribution in [-0.2, 0) is 14.3 Å². The number of alkyl carbamates (subject to hydrolysis) is 1. The third-order valence-electron chi connectivity index (χ3n) is 7.85. The van der Waals surface area contributed by atoms with Gasteiger partial charge in [-0.2, -0.15) is 4.91 Å². The molecule has 0 spiro atoms. The highest BCUT2D eigenvalue weighted by Gasteiger charge is 2.30. The van der Waals surface area contributed by atoms with Crippen LogP contribution < -0.4 is 15.5 Å². The number of benzene rings is 3. The molecule has 2 atom stereocenters. The maximum Gasteiger partial charge on any atom is 0.407 e. The van der Waals surface area contributed by atoms with Gasteiger partial charge in [-0.25, -0.2) is 4.79 Å². The van der Waals surface area contributed by atoms with Crippen molar-refractivity contribution >= 4 is 29.3 Å². The first-order chi connectivity index (χ1) is 21.3. The zero-order valence-corrected chi connectivity index (χ0v) is 25.6. The van der Waals surface area contributed by atoms with E-state index in [1.165, 1.54) is 34.4 Å². The number of nitrogens with one attached hydrogen (secondary N) is 2. The quantitative estimate of drug-likeness (QED) is 0.184. The molecule has 232 valence electrons. The number of carbonyl (C=O) groups is 3. The third-order valence-corrected chi connectivity index (χ3v) is 7.85. The monoisotopic (exact) mass is 599 g/mol. The van der Waals surface area contributed by atoms with Crippen molar-refractivity contribution in [2.45, 2.75) is 45.2 Å². The minimum Gasteiger partial charge on any atom is -0.453 e. The standard InChI is InChI=1S/C34H41N5O5/c1-24(2)32(37-34(42)44-3)33(41)38(21-8-20-35-43)23-31(40)36-28-16-12-27(13-17-28)30-11-7-22-39(30)29-18-14-26(15-19-29)25-9-5-4-6-10-25/h4-6,9-10,12-19,24,30,32H,7-8,11,20-23H2,1-3H3,(H,36,40)(H,37,42)/t30-,32+/m1/s1. The summed E-state index contributed by atoms with van der Waals surface area (Å²) in [6.45, 7) is 4.47. The molecule has 4 rings (SSSR count). The van der Waals surface area contributed by atoms with Gasteiger partial charge in [-0.15, -0.1) is 0 Å². The fourth-order valence-corrected chi connectivity index (χ4v) is 5.55. The SMILES string of the molecule is COC(=O)N[C@H](C(=O)N(CCCN=O)CC(=O)Nc1ccc([C@H]2CCCN2c2ccc(-c3ccccc3)cc2)cc1)C(C)C. The van der Waals surface area contributed by atoms with Crippen molar-refractivity contribution < 1.29 is 19.1 Å². The first-order valence-corrected chi connectivity index (χ1v) is 15.0. The molecule has 0 aliphatic carbocycles. The van der Waals surface area contributed by atoms with Crippen LogP contribution in [0.2, 0.25) is 0 Å². The van der Waals surface area contributed by atoms with E-state index in [-0.39, 0.29) is 37.5 Å². The van der Waals surface area contributed by atoms with Crippen molar-refractivity contribution in [3.8, 4) is 11.1 Å². The van der Waals surface area contributed by atoms with Gasteiger partial charge in [-0.05, 0) is 66.1 Å². The fourth-order valence-electron chi connectivity index (χ4n) is 5.55. The minimum atomic E-state index is -0.886. The van der Waals surface area contributed by atoms with Gasteiger partial charge in [-0.3, -0.25) is 9.59 Å². The molecule has 0 unspecified atom stereocenters. The second-order valence-corrected chi connectivity index (χ2v) is 11.3. The molecule has 10 heteroatoms. The average Bonchev–Trinajstić information content (AvgIpc) is 3.53. The summed E-state index contributed by atoms with van der Waals surface area (Å²) in [5.41, 5.74) is 5.34. The first-order valence-electron chi connectivity index (χ1n) is 15.0. The van der Waals surface area contributed by atoms with Crippen LogP contribution in [0.1, 0.15) is 44.7 Å². The maximum absolute atomic E-state index is 13.3. The molecular formula is C34H41N5O5. The van der Waals surface area contributed by atoms with E-state index >= 15 is 0 Å². The fraction of sp³-hybridized carbons (Fsp3) is 0.382. The Hall–Kier alpha value is -4.73. The zero-order valence-electron chi connectivity index (χ0n) is 25.6. The molecule has 1 aliphatic rings. The van der Waals surface area contributed by atoms with E-state index in [0.29, 0.717) is 12.1 Å². The molecule has 3 aromatic carbocycles. The van der Waals surface area contributed by atoms with Crippen LogP contribution in [-0.4, -0.2) is 62.1 Å². The van der Waals surface area contributed by atoms with Crippen molar-refractivity contribution in [1.82, 2.24) is 10.2 Å². The molecule has 2 N–H and O–H groups in total. The summed E-state index contributed by atoms with van der Waals surface area (Å²) >= 11 is 0. The summed E-state index contributed by atoms with van der Waals surface area (Å²) in [5.74, 6) is -1.06. The summed E-state index contributed by atoms with van der Waals surface area (Å²) in [7, 11) is 1.22. The van der Waals surface area contributed by atoms with Crippen LogP contribution in [0.3, 0.4) is 0 Å². The van der Waals surface area contributed by atoms with Gasteiger partial charge in [0.15, 0.2) is 0 Å². The summed E-state index contributed by atoms with van der Waals surface area (Å²) in [4.78, 5) is 52.6. The first kappa shape index (κ1) is 32.2. The van der Waals surface area contributed by atoms with Crippen LogP contribution in [0, 0.1) is 10.8 Å². The van der Waals surface area contributed by atoms with Crippen molar-refractivity contribution in [3.05, 3.63) is 89.3 Å². The lowest BCUT2D eigenvalue weighted by Gasteiger charge is -2.29. The Morgan fingerprint density at radius 1 is 0.977 bits per heavy atom. The van der Waals surface area contributed by atoms with Gasteiger partial charge < -0.3 is 25.2 Å². The molecular weight excluding hydrogens is 558 g/mol. The van der Waals surface area contributed by atoms with Crippen molar-refractivity contribution in [1.29, 1.82) is 0 Å². The van der Waals surface area contributed by atoms with E-state index in [1.54, 1.807) is 13.8 Å². The second kappa shape index (κ2) is 15.7. The third kappa shape index (κ3) is 8.43. The molecule has 1 heterocycles. The topological polar surface area (TPSA) is 120 Å². The van der Waals surface area contributed by atoms with Crippen LogP contribution in [0.25, 0.3) is 11.1 Å². The Morgan fingerprint density at radius 3 is 2.30 bits per heavy atom. The number of carbonyl (C=O) groups excluding carboxylic acids is 3. The number of nitroso groups, excluding NO2 is 1. The lowest BCUT2D eigenvalue weighted by molar-refractivity contribution is -0.137. The van der Waals surface area contributed by atoms with Gasteiger partial charge >= 0.3 is 6.09 Å². The Morgan fingerprint density at radius 2 is 1.66 bits per heavy atom. The van der Waals surface area contributed by atoms with Gasteiger partial charge in [0.2, 0.25) is 11.8 Å². The molecule has 3 amide bonds. The van der Waals surface area contributed by atoms with Crippen molar-refractivity contribution in [2.75, 3.05) is 43.5 Å². The van der Waals surface area contributed by atoms with E-state index in [2.05, 4.69) is 61.8 Å². The van der Waals surface area contributed by atoms with Gasteiger partial charge in [-0.1, -0.05) is 73.6 Å². The Labute approximate surface area is 258 Å². The molecule has 44 heavy (non-hydrogen) atoms. The van der Waals surface area contributed by atoms with Crippen molar-refractivity contribution in [2.24, 2.45) is 11.1 Å². The van der Waals surface area contributed by atoms with E-state index in [9.17, 15) is 19.3 Å². The number of hydrogen-bond donors (Lipinski definition) is 2. The van der Waals surface area contributed by atoms with Crippen LogP contribution >= 0.6 is 0 Å². The molecule has 10 nitrogen and oxygen atoms in total. The minimum absolute atomic E-state index is 0.0129. The van der Waals surface area contributed by atoms with E-state index in [1.807, 2.05) is 42.5 Å². The molecule has 1 aliphatic heterocycles. The van der Waals surface area contributed by atoms with Crippen molar-refractivity contribution in [3.63, 3.8) is 0 Å². The zero-order chi connectivity index (χ0) is 31.5. The predicted octanol–water partition coefficient (Wildman–Crippen LogP) is 6.00. The number of nitrogens with zero attached hydrogens (tertiary/aromatic N) is 3. The number of methoxy groups -OCH3 is 1.